The summed E-state index contributed by atoms with van der Waals surface area (Å²) in [6.45, 7) is 2.91. The SMILES string of the molecule is CCn1cnnc1-c1ccsc1N. The van der Waals surface area contributed by atoms with E-state index in [-0.39, 0.29) is 0 Å². The van der Waals surface area contributed by atoms with Crippen LogP contribution in [0.25, 0.3) is 11.4 Å². The molecule has 0 saturated heterocycles. The Balaban J connectivity index is 2.52. The van der Waals surface area contributed by atoms with E-state index < -0.39 is 0 Å². The molecule has 2 rings (SSSR count). The number of hydrogen-bond acceptors (Lipinski definition) is 4. The molecule has 0 unspecified atom stereocenters. The standard InChI is InChI=1S/C8H10N4S/c1-2-12-5-10-11-8(12)6-3-4-13-7(6)9/h3-5H,2,9H2,1H3. The number of aryl methyl sites for hydroxylation is 1. The zero-order valence-electron chi connectivity index (χ0n) is 7.27. The van der Waals surface area contributed by atoms with Gasteiger partial charge in [-0.2, -0.15) is 0 Å². The molecule has 2 N–H and O–H groups in total. The summed E-state index contributed by atoms with van der Waals surface area (Å²) in [5.74, 6) is 0.848. The van der Waals surface area contributed by atoms with Gasteiger partial charge in [0, 0.05) is 6.54 Å². The maximum absolute atomic E-state index is 5.79. The average molecular weight is 194 g/mol. The monoisotopic (exact) mass is 194 g/mol. The summed E-state index contributed by atoms with van der Waals surface area (Å²) in [5, 5.41) is 10.6. The quantitative estimate of drug-likeness (QED) is 0.790. The number of nitrogens with zero attached hydrogens (tertiary/aromatic N) is 3. The van der Waals surface area contributed by atoms with E-state index in [4.69, 9.17) is 5.73 Å². The van der Waals surface area contributed by atoms with Gasteiger partial charge in [0.1, 0.15) is 6.33 Å². The molecule has 2 heterocycles. The van der Waals surface area contributed by atoms with Crippen LogP contribution in [0.15, 0.2) is 17.8 Å². The van der Waals surface area contributed by atoms with Gasteiger partial charge in [-0.1, -0.05) is 0 Å². The highest BCUT2D eigenvalue weighted by atomic mass is 32.1. The van der Waals surface area contributed by atoms with Gasteiger partial charge in [0.05, 0.1) is 10.6 Å². The number of aromatic nitrogens is 3. The van der Waals surface area contributed by atoms with Crippen molar-refractivity contribution in [1.29, 1.82) is 0 Å². The predicted octanol–water partition coefficient (Wildman–Crippen LogP) is 1.61. The summed E-state index contributed by atoms with van der Waals surface area (Å²) in [7, 11) is 0. The average Bonchev–Trinajstić information content (AvgIpc) is 2.71. The van der Waals surface area contributed by atoms with E-state index in [1.165, 1.54) is 11.3 Å². The highest BCUT2D eigenvalue weighted by Crippen LogP contribution is 2.28. The van der Waals surface area contributed by atoms with Crippen molar-refractivity contribution < 1.29 is 0 Å². The Labute approximate surface area is 80.0 Å². The minimum absolute atomic E-state index is 0.794. The largest absolute Gasteiger partial charge is 0.390 e. The fraction of sp³-hybridized carbons (Fsp3) is 0.250. The van der Waals surface area contributed by atoms with Gasteiger partial charge in [0.2, 0.25) is 0 Å². The lowest BCUT2D eigenvalue weighted by Gasteiger charge is -2.00. The van der Waals surface area contributed by atoms with Crippen molar-refractivity contribution >= 4 is 16.3 Å². The van der Waals surface area contributed by atoms with E-state index in [0.29, 0.717) is 0 Å². The summed E-state index contributed by atoms with van der Waals surface area (Å²) < 4.78 is 1.97. The fourth-order valence-corrected chi connectivity index (χ4v) is 1.84. The van der Waals surface area contributed by atoms with Crippen LogP contribution in [0, 0.1) is 0 Å². The Morgan fingerprint density at radius 1 is 1.62 bits per heavy atom. The van der Waals surface area contributed by atoms with Crippen LogP contribution >= 0.6 is 11.3 Å². The third-order valence-corrected chi connectivity index (χ3v) is 2.64. The van der Waals surface area contributed by atoms with E-state index in [2.05, 4.69) is 17.1 Å². The molecule has 4 nitrogen and oxygen atoms in total. The molecule has 13 heavy (non-hydrogen) atoms. The molecule has 0 spiro atoms. The highest BCUT2D eigenvalue weighted by molar-refractivity contribution is 7.14. The lowest BCUT2D eigenvalue weighted by atomic mass is 10.3. The van der Waals surface area contributed by atoms with Crippen molar-refractivity contribution in [2.45, 2.75) is 13.5 Å². The van der Waals surface area contributed by atoms with Crippen LogP contribution < -0.4 is 5.73 Å². The molecule has 0 saturated carbocycles. The first-order valence-electron chi connectivity index (χ1n) is 4.04. The molecule has 0 aliphatic rings. The van der Waals surface area contributed by atoms with Gasteiger partial charge in [-0.05, 0) is 18.4 Å². The van der Waals surface area contributed by atoms with Crippen molar-refractivity contribution in [1.82, 2.24) is 14.8 Å². The molecule has 0 aliphatic heterocycles. The normalized spacial score (nSPS) is 10.5. The summed E-state index contributed by atoms with van der Waals surface area (Å²) in [4.78, 5) is 0. The topological polar surface area (TPSA) is 56.7 Å². The zero-order chi connectivity index (χ0) is 9.26. The third kappa shape index (κ3) is 1.31. The van der Waals surface area contributed by atoms with Gasteiger partial charge in [0.25, 0.3) is 0 Å². The van der Waals surface area contributed by atoms with Crippen LogP contribution in [-0.2, 0) is 6.54 Å². The first-order chi connectivity index (χ1) is 6.33. The maximum Gasteiger partial charge on any atom is 0.166 e. The molecule has 68 valence electrons. The number of hydrogen-bond donors (Lipinski definition) is 1. The van der Waals surface area contributed by atoms with Crippen LogP contribution in [-0.4, -0.2) is 14.8 Å². The van der Waals surface area contributed by atoms with E-state index >= 15 is 0 Å². The van der Waals surface area contributed by atoms with Crippen molar-refractivity contribution in [3.05, 3.63) is 17.8 Å². The second kappa shape index (κ2) is 3.18. The molecule has 5 heteroatoms. The molecule has 0 atom stereocenters. The second-order valence-electron chi connectivity index (χ2n) is 2.64. The van der Waals surface area contributed by atoms with E-state index in [1.807, 2.05) is 16.0 Å². The van der Waals surface area contributed by atoms with Gasteiger partial charge in [0.15, 0.2) is 5.82 Å². The van der Waals surface area contributed by atoms with Gasteiger partial charge in [-0.25, -0.2) is 0 Å². The van der Waals surface area contributed by atoms with Gasteiger partial charge >= 0.3 is 0 Å². The smallest absolute Gasteiger partial charge is 0.166 e. The number of rotatable bonds is 2. The number of thiophene rings is 1. The van der Waals surface area contributed by atoms with Crippen LogP contribution in [0.1, 0.15) is 6.92 Å². The minimum Gasteiger partial charge on any atom is -0.390 e. The zero-order valence-corrected chi connectivity index (χ0v) is 8.08. The molecule has 0 radical (unpaired) electrons. The van der Waals surface area contributed by atoms with E-state index in [0.717, 1.165) is 22.9 Å². The molecule has 0 fully saturated rings. The second-order valence-corrected chi connectivity index (χ2v) is 3.59. The van der Waals surface area contributed by atoms with Crippen molar-refractivity contribution in [2.75, 3.05) is 5.73 Å². The Bertz CT molecular complexity index is 404. The minimum atomic E-state index is 0.794. The Kier molecular flexibility index (Phi) is 2.02. The first kappa shape index (κ1) is 8.25. The Morgan fingerprint density at radius 3 is 3.08 bits per heavy atom. The first-order valence-corrected chi connectivity index (χ1v) is 4.92. The van der Waals surface area contributed by atoms with Crippen LogP contribution in [0.5, 0.6) is 0 Å². The molecule has 0 aliphatic carbocycles. The van der Waals surface area contributed by atoms with E-state index in [1.54, 1.807) is 6.33 Å². The highest BCUT2D eigenvalue weighted by Gasteiger charge is 2.09. The predicted molar refractivity (Wildman–Crippen MR) is 53.4 cm³/mol. The Hall–Kier alpha value is -1.36. The van der Waals surface area contributed by atoms with Gasteiger partial charge < -0.3 is 10.3 Å². The van der Waals surface area contributed by atoms with Crippen LogP contribution in [0.2, 0.25) is 0 Å². The van der Waals surface area contributed by atoms with Gasteiger partial charge in [-0.15, -0.1) is 21.5 Å². The molecular formula is C8H10N4S. The van der Waals surface area contributed by atoms with Crippen LogP contribution in [0.3, 0.4) is 0 Å². The lowest BCUT2D eigenvalue weighted by molar-refractivity contribution is 0.767. The number of nitrogen functional groups attached to an aromatic ring is 1. The lowest BCUT2D eigenvalue weighted by Crippen LogP contribution is -1.96. The summed E-state index contributed by atoms with van der Waals surface area (Å²) in [5.41, 5.74) is 6.77. The van der Waals surface area contributed by atoms with Crippen molar-refractivity contribution in [3.63, 3.8) is 0 Å². The number of anilines is 1. The molecule has 0 bridgehead atoms. The molecular weight excluding hydrogens is 184 g/mol. The molecule has 2 aromatic rings. The summed E-state index contributed by atoms with van der Waals surface area (Å²) in [6, 6.07) is 1.97. The fourth-order valence-electron chi connectivity index (χ4n) is 1.20. The summed E-state index contributed by atoms with van der Waals surface area (Å²) in [6.07, 6.45) is 1.71. The molecule has 0 aromatic carbocycles. The van der Waals surface area contributed by atoms with Crippen molar-refractivity contribution in [3.8, 4) is 11.4 Å². The maximum atomic E-state index is 5.79. The van der Waals surface area contributed by atoms with E-state index in [9.17, 15) is 0 Å². The van der Waals surface area contributed by atoms with Crippen LogP contribution in [0.4, 0.5) is 5.00 Å². The Morgan fingerprint density at radius 2 is 2.46 bits per heavy atom. The van der Waals surface area contributed by atoms with Crippen molar-refractivity contribution in [2.24, 2.45) is 0 Å². The summed E-state index contributed by atoms with van der Waals surface area (Å²) >= 11 is 1.52. The third-order valence-electron chi connectivity index (χ3n) is 1.89. The molecule has 0 amide bonds. The van der Waals surface area contributed by atoms with Gasteiger partial charge in [-0.3, -0.25) is 0 Å². The molecule has 2 aromatic heterocycles. The number of nitrogens with two attached hydrogens (primary N) is 1.